The molecule has 1 N–H and O–H groups in total. The van der Waals surface area contributed by atoms with Crippen molar-refractivity contribution in [3.8, 4) is 0 Å². The van der Waals surface area contributed by atoms with Crippen molar-refractivity contribution >= 4 is 27.8 Å². The minimum Gasteiger partial charge on any atom is -0.467 e. The van der Waals surface area contributed by atoms with Crippen LogP contribution in [0.15, 0.2) is 22.7 Å². The number of rotatable bonds is 4. The van der Waals surface area contributed by atoms with Crippen molar-refractivity contribution in [1.29, 1.82) is 0 Å². The Balaban J connectivity index is 2.91. The van der Waals surface area contributed by atoms with E-state index in [0.29, 0.717) is 5.56 Å². The molecule has 5 heteroatoms. The SMILES string of the molecule is COC(=O)C(NC(=O)c1ccc(Br)cc1C)C(C)C. The van der Waals surface area contributed by atoms with Gasteiger partial charge in [-0.15, -0.1) is 0 Å². The van der Waals surface area contributed by atoms with Crippen LogP contribution in [-0.2, 0) is 9.53 Å². The highest BCUT2D eigenvalue weighted by molar-refractivity contribution is 9.10. The third kappa shape index (κ3) is 4.06. The van der Waals surface area contributed by atoms with Gasteiger partial charge in [-0.05, 0) is 36.6 Å². The maximum atomic E-state index is 12.2. The number of esters is 1. The van der Waals surface area contributed by atoms with Crippen molar-refractivity contribution in [1.82, 2.24) is 5.32 Å². The molecule has 0 aliphatic rings. The summed E-state index contributed by atoms with van der Waals surface area (Å²) in [5.41, 5.74) is 1.40. The van der Waals surface area contributed by atoms with Gasteiger partial charge in [-0.2, -0.15) is 0 Å². The quantitative estimate of drug-likeness (QED) is 0.865. The second-order valence-electron chi connectivity index (χ2n) is 4.68. The molecule has 104 valence electrons. The van der Waals surface area contributed by atoms with E-state index >= 15 is 0 Å². The molecule has 0 aliphatic heterocycles. The highest BCUT2D eigenvalue weighted by Gasteiger charge is 2.25. The van der Waals surface area contributed by atoms with Gasteiger partial charge in [0.15, 0.2) is 0 Å². The van der Waals surface area contributed by atoms with Gasteiger partial charge in [0.05, 0.1) is 7.11 Å². The van der Waals surface area contributed by atoms with E-state index in [4.69, 9.17) is 4.74 Å². The molecule has 0 heterocycles. The van der Waals surface area contributed by atoms with Crippen molar-refractivity contribution < 1.29 is 14.3 Å². The van der Waals surface area contributed by atoms with Crippen molar-refractivity contribution in [2.45, 2.75) is 26.8 Å². The first-order valence-electron chi connectivity index (χ1n) is 6.01. The van der Waals surface area contributed by atoms with Gasteiger partial charge in [0.2, 0.25) is 0 Å². The summed E-state index contributed by atoms with van der Waals surface area (Å²) in [6.07, 6.45) is 0. The van der Waals surface area contributed by atoms with Gasteiger partial charge >= 0.3 is 5.97 Å². The lowest BCUT2D eigenvalue weighted by molar-refractivity contribution is -0.144. The summed E-state index contributed by atoms with van der Waals surface area (Å²) < 4.78 is 5.61. The Kier molecular flexibility index (Phi) is 5.54. The molecule has 0 saturated heterocycles. The maximum Gasteiger partial charge on any atom is 0.328 e. The topological polar surface area (TPSA) is 55.4 Å². The number of hydrogen-bond acceptors (Lipinski definition) is 3. The molecular weight excluding hydrogens is 310 g/mol. The van der Waals surface area contributed by atoms with Crippen LogP contribution in [0.2, 0.25) is 0 Å². The summed E-state index contributed by atoms with van der Waals surface area (Å²) in [5.74, 6) is -0.737. The van der Waals surface area contributed by atoms with Gasteiger partial charge in [0, 0.05) is 10.0 Å². The lowest BCUT2D eigenvalue weighted by Crippen LogP contribution is -2.45. The average molecular weight is 328 g/mol. The molecule has 0 saturated carbocycles. The number of aryl methyl sites for hydroxylation is 1. The van der Waals surface area contributed by atoms with Crippen LogP contribution in [0.1, 0.15) is 29.8 Å². The predicted octanol–water partition coefficient (Wildman–Crippen LogP) is 2.68. The molecule has 1 rings (SSSR count). The normalized spacial score (nSPS) is 12.1. The third-order valence-corrected chi connectivity index (χ3v) is 3.33. The van der Waals surface area contributed by atoms with Gasteiger partial charge in [-0.3, -0.25) is 4.79 Å². The molecule has 0 fully saturated rings. The summed E-state index contributed by atoms with van der Waals surface area (Å²) in [6, 6.07) is 4.74. The smallest absolute Gasteiger partial charge is 0.328 e. The van der Waals surface area contributed by atoms with E-state index in [1.165, 1.54) is 7.11 Å². The number of halogens is 1. The van der Waals surface area contributed by atoms with Crippen LogP contribution >= 0.6 is 15.9 Å². The van der Waals surface area contributed by atoms with E-state index in [-0.39, 0.29) is 11.8 Å². The summed E-state index contributed by atoms with van der Waals surface area (Å²) >= 11 is 3.35. The van der Waals surface area contributed by atoms with Crippen LogP contribution in [0.4, 0.5) is 0 Å². The molecule has 1 amide bonds. The molecule has 0 radical (unpaired) electrons. The molecule has 1 aromatic rings. The molecule has 0 spiro atoms. The molecular formula is C14H18BrNO3. The average Bonchev–Trinajstić information content (AvgIpc) is 2.34. The van der Waals surface area contributed by atoms with Crippen LogP contribution in [0.25, 0.3) is 0 Å². The van der Waals surface area contributed by atoms with Crippen LogP contribution in [0.5, 0.6) is 0 Å². The Morgan fingerprint density at radius 2 is 1.95 bits per heavy atom. The van der Waals surface area contributed by atoms with Crippen molar-refractivity contribution in [3.05, 3.63) is 33.8 Å². The van der Waals surface area contributed by atoms with Gasteiger partial charge in [-0.25, -0.2) is 4.79 Å². The van der Waals surface area contributed by atoms with Gasteiger partial charge in [-0.1, -0.05) is 29.8 Å². The molecule has 0 aromatic heterocycles. The Bertz CT molecular complexity index is 486. The zero-order chi connectivity index (χ0) is 14.6. The minimum absolute atomic E-state index is 0.0350. The van der Waals surface area contributed by atoms with Crippen LogP contribution in [-0.4, -0.2) is 25.0 Å². The van der Waals surface area contributed by atoms with Gasteiger partial charge in [0.1, 0.15) is 6.04 Å². The lowest BCUT2D eigenvalue weighted by Gasteiger charge is -2.20. The largest absolute Gasteiger partial charge is 0.467 e. The summed E-state index contributed by atoms with van der Waals surface area (Å²) in [6.45, 7) is 5.56. The maximum absolute atomic E-state index is 12.2. The molecule has 19 heavy (non-hydrogen) atoms. The van der Waals surface area contributed by atoms with E-state index in [1.54, 1.807) is 12.1 Å². The fourth-order valence-corrected chi connectivity index (χ4v) is 2.20. The van der Waals surface area contributed by atoms with Gasteiger partial charge < -0.3 is 10.1 Å². The highest BCUT2D eigenvalue weighted by Crippen LogP contribution is 2.16. The first-order chi connectivity index (χ1) is 8.86. The highest BCUT2D eigenvalue weighted by atomic mass is 79.9. The van der Waals surface area contributed by atoms with E-state index < -0.39 is 12.0 Å². The molecule has 1 aromatic carbocycles. The monoisotopic (exact) mass is 327 g/mol. The molecule has 0 aliphatic carbocycles. The van der Waals surface area contributed by atoms with Gasteiger partial charge in [0.25, 0.3) is 5.91 Å². The number of nitrogens with one attached hydrogen (secondary N) is 1. The fraction of sp³-hybridized carbons (Fsp3) is 0.429. The summed E-state index contributed by atoms with van der Waals surface area (Å²) in [5, 5.41) is 2.71. The number of benzene rings is 1. The Hall–Kier alpha value is -1.36. The van der Waals surface area contributed by atoms with E-state index in [2.05, 4.69) is 21.2 Å². The number of carbonyl (C=O) groups is 2. The molecule has 1 atom stereocenters. The Morgan fingerprint density at radius 3 is 2.42 bits per heavy atom. The molecule has 0 bridgehead atoms. The number of hydrogen-bond donors (Lipinski definition) is 1. The number of carbonyl (C=O) groups excluding carboxylic acids is 2. The standard InChI is InChI=1S/C14H18BrNO3/c1-8(2)12(14(18)19-4)16-13(17)11-6-5-10(15)7-9(11)3/h5-8,12H,1-4H3,(H,16,17). The van der Waals surface area contributed by atoms with E-state index in [0.717, 1.165) is 10.0 Å². The number of methoxy groups -OCH3 is 1. The minimum atomic E-state index is -0.638. The molecule has 4 nitrogen and oxygen atoms in total. The fourth-order valence-electron chi connectivity index (χ4n) is 1.73. The second kappa shape index (κ2) is 6.70. The van der Waals surface area contributed by atoms with Crippen molar-refractivity contribution in [3.63, 3.8) is 0 Å². The lowest BCUT2D eigenvalue weighted by atomic mass is 10.0. The van der Waals surface area contributed by atoms with E-state index in [1.807, 2.05) is 26.8 Å². The Labute approximate surface area is 121 Å². The summed E-state index contributed by atoms with van der Waals surface area (Å²) in [4.78, 5) is 23.8. The number of amides is 1. The van der Waals surface area contributed by atoms with Crippen LogP contribution in [0.3, 0.4) is 0 Å². The number of ether oxygens (including phenoxy) is 1. The third-order valence-electron chi connectivity index (χ3n) is 2.84. The van der Waals surface area contributed by atoms with Crippen LogP contribution < -0.4 is 5.32 Å². The van der Waals surface area contributed by atoms with Crippen LogP contribution in [0, 0.1) is 12.8 Å². The van der Waals surface area contributed by atoms with Crippen molar-refractivity contribution in [2.24, 2.45) is 5.92 Å². The summed E-state index contributed by atoms with van der Waals surface area (Å²) in [7, 11) is 1.31. The first kappa shape index (κ1) is 15.7. The predicted molar refractivity (Wildman–Crippen MR) is 77.0 cm³/mol. The zero-order valence-corrected chi connectivity index (χ0v) is 13.1. The second-order valence-corrected chi connectivity index (χ2v) is 5.59. The Morgan fingerprint density at radius 1 is 1.32 bits per heavy atom. The zero-order valence-electron chi connectivity index (χ0n) is 11.5. The molecule has 1 unspecified atom stereocenters. The first-order valence-corrected chi connectivity index (χ1v) is 6.81. The van der Waals surface area contributed by atoms with E-state index in [9.17, 15) is 9.59 Å². The van der Waals surface area contributed by atoms with Crippen molar-refractivity contribution in [2.75, 3.05) is 7.11 Å².